The number of aliphatic carboxylic acids is 1. The summed E-state index contributed by atoms with van der Waals surface area (Å²) in [5.74, 6) is -1.03. The Morgan fingerprint density at radius 3 is 2.81 bits per heavy atom. The summed E-state index contributed by atoms with van der Waals surface area (Å²) in [4.78, 5) is 26.8. The molecule has 0 fully saturated rings. The van der Waals surface area contributed by atoms with Crippen molar-refractivity contribution in [1.82, 2.24) is 14.6 Å². The summed E-state index contributed by atoms with van der Waals surface area (Å²) in [5.41, 5.74) is 1.59. The molecule has 7 heteroatoms. The average molecular weight is 304 g/mol. The quantitative estimate of drug-likeness (QED) is 0.774. The predicted molar refractivity (Wildman–Crippen MR) is 77.6 cm³/mol. The van der Waals surface area contributed by atoms with Crippen LogP contribution in [0, 0.1) is 0 Å². The minimum absolute atomic E-state index is 0.220. The van der Waals surface area contributed by atoms with Crippen LogP contribution in [0.3, 0.4) is 0 Å². The van der Waals surface area contributed by atoms with Crippen LogP contribution in [-0.4, -0.2) is 25.7 Å². The molecule has 0 saturated carbocycles. The summed E-state index contributed by atoms with van der Waals surface area (Å²) in [6, 6.07) is 10.1. The highest BCUT2D eigenvalue weighted by atomic mass is 35.5. The highest BCUT2D eigenvalue weighted by molar-refractivity contribution is 6.33. The van der Waals surface area contributed by atoms with E-state index in [0.717, 1.165) is 5.56 Å². The molecule has 0 saturated heterocycles. The Labute approximate surface area is 123 Å². The molecular formula is C14H10ClN3O3. The van der Waals surface area contributed by atoms with Gasteiger partial charge in [0.2, 0.25) is 0 Å². The molecule has 2 heterocycles. The number of aromatic nitrogens is 3. The first-order chi connectivity index (χ1) is 10.0. The van der Waals surface area contributed by atoms with Crippen LogP contribution in [0.4, 0.5) is 0 Å². The molecule has 2 N–H and O–H groups in total. The van der Waals surface area contributed by atoms with Gasteiger partial charge in [0.15, 0.2) is 5.65 Å². The van der Waals surface area contributed by atoms with Gasteiger partial charge in [-0.05, 0) is 6.07 Å². The molecule has 0 bridgehead atoms. The Bertz CT molecular complexity index is 898. The van der Waals surface area contributed by atoms with Gasteiger partial charge in [-0.25, -0.2) is 9.50 Å². The molecular weight excluding hydrogens is 294 g/mol. The molecule has 0 amide bonds. The summed E-state index contributed by atoms with van der Waals surface area (Å²) in [5, 5.41) is 12.2. The molecule has 21 heavy (non-hydrogen) atoms. The van der Waals surface area contributed by atoms with E-state index in [-0.39, 0.29) is 17.7 Å². The highest BCUT2D eigenvalue weighted by Gasteiger charge is 2.11. The van der Waals surface area contributed by atoms with Crippen LogP contribution < -0.4 is 5.56 Å². The fraction of sp³-hybridized carbons (Fsp3) is 0.0714. The first kappa shape index (κ1) is 13.4. The van der Waals surface area contributed by atoms with Crippen molar-refractivity contribution in [2.24, 2.45) is 0 Å². The second-order valence-electron chi connectivity index (χ2n) is 4.50. The lowest BCUT2D eigenvalue weighted by atomic mass is 10.1. The second kappa shape index (κ2) is 5.06. The SMILES string of the molecule is O=C(O)Cc1cc(=O)n2[nH]c(-c3ccccc3Cl)cc2n1. The van der Waals surface area contributed by atoms with Gasteiger partial charge >= 0.3 is 5.97 Å². The van der Waals surface area contributed by atoms with E-state index in [1.54, 1.807) is 12.1 Å². The monoisotopic (exact) mass is 303 g/mol. The number of hydrogen-bond donors (Lipinski definition) is 2. The van der Waals surface area contributed by atoms with E-state index in [1.165, 1.54) is 10.6 Å². The van der Waals surface area contributed by atoms with Crippen LogP contribution in [0.25, 0.3) is 16.9 Å². The molecule has 0 spiro atoms. The lowest BCUT2D eigenvalue weighted by molar-refractivity contribution is -0.136. The van der Waals surface area contributed by atoms with Gasteiger partial charge in [-0.2, -0.15) is 0 Å². The van der Waals surface area contributed by atoms with Crippen molar-refractivity contribution in [1.29, 1.82) is 0 Å². The Balaban J connectivity index is 2.16. The van der Waals surface area contributed by atoms with Gasteiger partial charge in [0.05, 0.1) is 17.8 Å². The fourth-order valence-corrected chi connectivity index (χ4v) is 2.34. The number of halogens is 1. The van der Waals surface area contributed by atoms with E-state index < -0.39 is 5.97 Å². The number of carbonyl (C=O) groups is 1. The highest BCUT2D eigenvalue weighted by Crippen LogP contribution is 2.26. The largest absolute Gasteiger partial charge is 0.481 e. The van der Waals surface area contributed by atoms with Gasteiger partial charge in [-0.15, -0.1) is 0 Å². The zero-order valence-corrected chi connectivity index (χ0v) is 11.5. The van der Waals surface area contributed by atoms with Gasteiger partial charge < -0.3 is 5.11 Å². The molecule has 0 aliphatic rings. The topological polar surface area (TPSA) is 87.5 Å². The standard InChI is InChI=1S/C14H10ClN3O3/c15-10-4-2-1-3-9(10)11-7-12-16-8(6-14(20)21)5-13(19)18(12)17-11/h1-5,7,17H,6H2,(H,20,21). The van der Waals surface area contributed by atoms with Crippen molar-refractivity contribution in [3.05, 3.63) is 57.5 Å². The number of hydrogen-bond acceptors (Lipinski definition) is 3. The summed E-state index contributed by atoms with van der Waals surface area (Å²) in [7, 11) is 0. The summed E-state index contributed by atoms with van der Waals surface area (Å²) in [6.07, 6.45) is -0.293. The molecule has 3 aromatic rings. The van der Waals surface area contributed by atoms with Gasteiger partial charge in [0, 0.05) is 22.7 Å². The number of nitrogens with one attached hydrogen (secondary N) is 1. The third-order valence-electron chi connectivity index (χ3n) is 3.00. The molecule has 2 aromatic heterocycles. The zero-order valence-electron chi connectivity index (χ0n) is 10.7. The van der Waals surface area contributed by atoms with E-state index in [9.17, 15) is 9.59 Å². The van der Waals surface area contributed by atoms with Crippen molar-refractivity contribution in [2.75, 3.05) is 0 Å². The third-order valence-corrected chi connectivity index (χ3v) is 3.33. The Morgan fingerprint density at radius 1 is 1.33 bits per heavy atom. The number of carboxylic acids is 1. The molecule has 0 atom stereocenters. The smallest absolute Gasteiger partial charge is 0.309 e. The molecule has 0 aliphatic heterocycles. The summed E-state index contributed by atoms with van der Waals surface area (Å²) in [6.45, 7) is 0. The van der Waals surface area contributed by atoms with E-state index >= 15 is 0 Å². The van der Waals surface area contributed by atoms with E-state index in [0.29, 0.717) is 16.4 Å². The average Bonchev–Trinajstić information content (AvgIpc) is 2.82. The lowest BCUT2D eigenvalue weighted by Gasteiger charge is -1.99. The summed E-state index contributed by atoms with van der Waals surface area (Å²) >= 11 is 6.12. The third kappa shape index (κ3) is 2.53. The molecule has 0 aliphatic carbocycles. The predicted octanol–water partition coefficient (Wildman–Crippen LogP) is 1.97. The number of rotatable bonds is 3. The minimum atomic E-state index is -1.03. The molecule has 0 radical (unpaired) electrons. The van der Waals surface area contributed by atoms with Crippen LogP contribution >= 0.6 is 11.6 Å². The van der Waals surface area contributed by atoms with E-state index in [4.69, 9.17) is 16.7 Å². The van der Waals surface area contributed by atoms with Gasteiger partial charge in [0.1, 0.15) is 0 Å². The second-order valence-corrected chi connectivity index (χ2v) is 4.91. The van der Waals surface area contributed by atoms with E-state index in [1.807, 2.05) is 18.2 Å². The Hall–Kier alpha value is -2.60. The minimum Gasteiger partial charge on any atom is -0.481 e. The number of fused-ring (bicyclic) bond motifs is 1. The van der Waals surface area contributed by atoms with Crippen molar-refractivity contribution < 1.29 is 9.90 Å². The van der Waals surface area contributed by atoms with Crippen molar-refractivity contribution in [3.63, 3.8) is 0 Å². The maximum Gasteiger partial charge on any atom is 0.309 e. The maximum absolute atomic E-state index is 12.0. The number of H-pyrrole nitrogens is 1. The van der Waals surface area contributed by atoms with Crippen molar-refractivity contribution >= 4 is 23.2 Å². The maximum atomic E-state index is 12.0. The molecule has 0 unspecified atom stereocenters. The lowest BCUT2D eigenvalue weighted by Crippen LogP contribution is -2.16. The van der Waals surface area contributed by atoms with Crippen molar-refractivity contribution in [3.8, 4) is 11.3 Å². The van der Waals surface area contributed by atoms with Crippen LogP contribution in [-0.2, 0) is 11.2 Å². The first-order valence-corrected chi connectivity index (χ1v) is 6.51. The number of nitrogens with zero attached hydrogens (tertiary/aromatic N) is 2. The molecule has 1 aromatic carbocycles. The normalized spacial score (nSPS) is 10.9. The molecule has 3 rings (SSSR count). The van der Waals surface area contributed by atoms with Crippen LogP contribution in [0.15, 0.2) is 41.2 Å². The Kier molecular flexibility index (Phi) is 3.23. The first-order valence-electron chi connectivity index (χ1n) is 6.13. The van der Waals surface area contributed by atoms with Crippen molar-refractivity contribution in [2.45, 2.75) is 6.42 Å². The number of carboxylic acid groups (broad SMARTS) is 1. The van der Waals surface area contributed by atoms with Crippen LogP contribution in [0.1, 0.15) is 5.69 Å². The van der Waals surface area contributed by atoms with Gasteiger partial charge in [-0.1, -0.05) is 29.8 Å². The van der Waals surface area contributed by atoms with Crippen LogP contribution in [0.2, 0.25) is 5.02 Å². The van der Waals surface area contributed by atoms with Crippen LogP contribution in [0.5, 0.6) is 0 Å². The van der Waals surface area contributed by atoms with E-state index in [2.05, 4.69) is 10.1 Å². The molecule has 106 valence electrons. The Morgan fingerprint density at radius 2 is 2.10 bits per heavy atom. The van der Waals surface area contributed by atoms with Gasteiger partial charge in [-0.3, -0.25) is 14.7 Å². The van der Waals surface area contributed by atoms with Gasteiger partial charge in [0.25, 0.3) is 5.56 Å². The number of aromatic amines is 1. The fourth-order valence-electron chi connectivity index (χ4n) is 2.10. The zero-order chi connectivity index (χ0) is 15.0. The number of benzene rings is 1. The molecule has 6 nitrogen and oxygen atoms in total. The summed E-state index contributed by atoms with van der Waals surface area (Å²) < 4.78 is 1.25.